The molecule has 1 atom stereocenters. The number of carbonyl (C=O) groups is 3. The summed E-state index contributed by atoms with van der Waals surface area (Å²) in [5, 5.41) is 20.0. The number of hydrogen-bond acceptors (Lipinski definition) is 5. The molecule has 2 N–H and O–H groups in total. The number of aliphatic hydroxyl groups excluding tert-OH is 1. The van der Waals surface area contributed by atoms with Gasteiger partial charge in [0.1, 0.15) is 11.5 Å². The number of nitrogens with zero attached hydrogens (tertiary/aromatic N) is 1. The van der Waals surface area contributed by atoms with Gasteiger partial charge < -0.3 is 19.8 Å². The fourth-order valence-electron chi connectivity index (χ4n) is 3.41. The van der Waals surface area contributed by atoms with Gasteiger partial charge in [0.25, 0.3) is 11.7 Å². The van der Waals surface area contributed by atoms with Crippen LogP contribution < -0.4 is 4.74 Å². The van der Waals surface area contributed by atoms with Gasteiger partial charge in [-0.2, -0.15) is 0 Å². The van der Waals surface area contributed by atoms with Crippen LogP contribution in [0.2, 0.25) is 0 Å². The summed E-state index contributed by atoms with van der Waals surface area (Å²) in [6.45, 7) is 1.72. The molecule has 7 heteroatoms. The van der Waals surface area contributed by atoms with Crippen molar-refractivity contribution in [2.75, 3.05) is 13.7 Å². The quantitative estimate of drug-likeness (QED) is 0.443. The predicted octanol–water partition coefficient (Wildman–Crippen LogP) is 2.90. The Labute approximate surface area is 167 Å². The third-order valence-corrected chi connectivity index (χ3v) is 4.87. The van der Waals surface area contributed by atoms with E-state index >= 15 is 0 Å². The van der Waals surface area contributed by atoms with Crippen molar-refractivity contribution in [3.63, 3.8) is 0 Å². The van der Waals surface area contributed by atoms with E-state index in [2.05, 4.69) is 0 Å². The van der Waals surface area contributed by atoms with Crippen LogP contribution in [-0.2, 0) is 14.4 Å². The largest absolute Gasteiger partial charge is 0.507 e. The third kappa shape index (κ3) is 3.85. The Hall–Kier alpha value is -3.61. The van der Waals surface area contributed by atoms with Crippen LogP contribution in [0.25, 0.3) is 5.76 Å². The summed E-state index contributed by atoms with van der Waals surface area (Å²) in [6, 6.07) is 12.8. The average Bonchev–Trinajstić information content (AvgIpc) is 2.96. The number of amides is 1. The lowest BCUT2D eigenvalue weighted by Crippen LogP contribution is -2.32. The minimum absolute atomic E-state index is 0.0891. The van der Waals surface area contributed by atoms with Crippen molar-refractivity contribution in [3.05, 3.63) is 70.8 Å². The maximum absolute atomic E-state index is 12.8. The van der Waals surface area contributed by atoms with E-state index in [1.165, 1.54) is 12.0 Å². The molecule has 0 spiro atoms. The molecule has 1 saturated heterocycles. The molecular formula is C22H21NO6. The summed E-state index contributed by atoms with van der Waals surface area (Å²) >= 11 is 0. The van der Waals surface area contributed by atoms with E-state index in [0.29, 0.717) is 16.9 Å². The van der Waals surface area contributed by atoms with Crippen molar-refractivity contribution in [2.24, 2.45) is 0 Å². The number of rotatable bonds is 6. The monoisotopic (exact) mass is 395 g/mol. The molecular weight excluding hydrogens is 374 g/mol. The number of aliphatic carboxylic acids is 1. The molecule has 1 fully saturated rings. The number of ketones is 1. The zero-order valence-electron chi connectivity index (χ0n) is 16.1. The molecule has 2 aromatic carbocycles. The highest BCUT2D eigenvalue weighted by molar-refractivity contribution is 6.46. The van der Waals surface area contributed by atoms with Crippen molar-refractivity contribution in [2.45, 2.75) is 19.4 Å². The molecule has 2 aromatic rings. The molecule has 3 rings (SSSR count). The number of methoxy groups -OCH3 is 1. The van der Waals surface area contributed by atoms with Gasteiger partial charge in [-0.3, -0.25) is 14.4 Å². The van der Waals surface area contributed by atoms with Crippen molar-refractivity contribution in [1.29, 1.82) is 0 Å². The minimum Gasteiger partial charge on any atom is -0.507 e. The van der Waals surface area contributed by atoms with Crippen LogP contribution in [-0.4, -0.2) is 46.4 Å². The Morgan fingerprint density at radius 1 is 1.07 bits per heavy atom. The van der Waals surface area contributed by atoms with Crippen molar-refractivity contribution in [3.8, 4) is 5.75 Å². The number of ether oxygens (including phenoxy) is 1. The molecule has 1 unspecified atom stereocenters. The number of benzene rings is 2. The van der Waals surface area contributed by atoms with E-state index in [1.54, 1.807) is 48.5 Å². The molecule has 0 saturated carbocycles. The van der Waals surface area contributed by atoms with E-state index in [0.717, 1.165) is 5.56 Å². The lowest BCUT2D eigenvalue weighted by molar-refractivity contribution is -0.142. The first kappa shape index (κ1) is 20.1. The van der Waals surface area contributed by atoms with Gasteiger partial charge in [-0.05, 0) is 13.0 Å². The highest BCUT2D eigenvalue weighted by atomic mass is 16.5. The van der Waals surface area contributed by atoms with Crippen LogP contribution in [0.4, 0.5) is 0 Å². The van der Waals surface area contributed by atoms with E-state index in [1.807, 2.05) is 6.92 Å². The zero-order valence-corrected chi connectivity index (χ0v) is 16.1. The molecule has 1 heterocycles. The zero-order chi connectivity index (χ0) is 21.1. The van der Waals surface area contributed by atoms with E-state index in [-0.39, 0.29) is 24.3 Å². The summed E-state index contributed by atoms with van der Waals surface area (Å²) in [5.41, 5.74) is 1.78. The second-order valence-corrected chi connectivity index (χ2v) is 6.74. The molecule has 0 aromatic heterocycles. The van der Waals surface area contributed by atoms with Gasteiger partial charge in [-0.25, -0.2) is 0 Å². The number of hydrogen-bond donors (Lipinski definition) is 2. The molecule has 7 nitrogen and oxygen atoms in total. The third-order valence-electron chi connectivity index (χ3n) is 4.87. The lowest BCUT2D eigenvalue weighted by Gasteiger charge is -2.26. The predicted molar refractivity (Wildman–Crippen MR) is 105 cm³/mol. The van der Waals surface area contributed by atoms with E-state index in [9.17, 15) is 19.5 Å². The summed E-state index contributed by atoms with van der Waals surface area (Å²) in [6.07, 6.45) is -0.330. The van der Waals surface area contributed by atoms with Crippen LogP contribution in [0.1, 0.15) is 29.2 Å². The van der Waals surface area contributed by atoms with Crippen molar-refractivity contribution >= 4 is 23.4 Å². The summed E-state index contributed by atoms with van der Waals surface area (Å²) in [7, 11) is 1.46. The number of carbonyl (C=O) groups excluding carboxylic acids is 2. The highest BCUT2D eigenvalue weighted by Gasteiger charge is 2.46. The normalized spacial score (nSPS) is 18.1. The van der Waals surface area contributed by atoms with E-state index < -0.39 is 23.7 Å². The Balaban J connectivity index is 2.20. The van der Waals surface area contributed by atoms with E-state index in [4.69, 9.17) is 9.84 Å². The van der Waals surface area contributed by atoms with Crippen molar-refractivity contribution < 1.29 is 29.3 Å². The molecule has 0 radical (unpaired) electrons. The van der Waals surface area contributed by atoms with Gasteiger partial charge in [-0.1, -0.05) is 48.0 Å². The number of para-hydroxylation sites is 1. The lowest BCUT2D eigenvalue weighted by atomic mass is 9.94. The first-order valence-corrected chi connectivity index (χ1v) is 9.05. The molecule has 1 aliphatic rings. The number of carboxylic acid groups (broad SMARTS) is 1. The Kier molecular flexibility index (Phi) is 5.68. The number of Topliss-reactive ketones (excluding diaryl/α,β-unsaturated/α-hetero) is 1. The minimum atomic E-state index is -1.09. The number of aryl methyl sites for hydroxylation is 1. The molecule has 150 valence electrons. The topological polar surface area (TPSA) is 104 Å². The summed E-state index contributed by atoms with van der Waals surface area (Å²) in [5.74, 6) is -2.68. The fraction of sp³-hybridized carbons (Fsp3) is 0.227. The molecule has 0 aliphatic carbocycles. The maximum atomic E-state index is 12.8. The SMILES string of the molecule is COc1ccccc1C1/C(=C(\O)c2ccc(C)cc2)C(=O)C(=O)N1CCC(=O)O. The van der Waals surface area contributed by atoms with Crippen LogP contribution in [0.5, 0.6) is 5.75 Å². The maximum Gasteiger partial charge on any atom is 0.305 e. The van der Waals surface area contributed by atoms with Gasteiger partial charge in [0.15, 0.2) is 0 Å². The second-order valence-electron chi connectivity index (χ2n) is 6.74. The fourth-order valence-corrected chi connectivity index (χ4v) is 3.41. The van der Waals surface area contributed by atoms with Crippen molar-refractivity contribution in [1.82, 2.24) is 4.90 Å². The van der Waals surface area contributed by atoms with Crippen LogP contribution >= 0.6 is 0 Å². The first-order valence-electron chi connectivity index (χ1n) is 9.05. The van der Waals surface area contributed by atoms with Gasteiger partial charge in [0.2, 0.25) is 0 Å². The summed E-state index contributed by atoms with van der Waals surface area (Å²) in [4.78, 5) is 37.8. The highest BCUT2D eigenvalue weighted by Crippen LogP contribution is 2.42. The standard InChI is InChI=1S/C22H21NO6/c1-13-7-9-14(10-8-13)20(26)18-19(15-5-3-4-6-16(15)29-2)23(12-11-17(24)25)22(28)21(18)27/h3-10,19,26H,11-12H2,1-2H3,(H,24,25)/b20-18+. The first-order chi connectivity index (χ1) is 13.8. The Bertz CT molecular complexity index is 993. The van der Waals surface area contributed by atoms with Crippen LogP contribution in [0, 0.1) is 6.92 Å². The number of carboxylic acids is 1. The number of aliphatic hydroxyl groups is 1. The molecule has 29 heavy (non-hydrogen) atoms. The van der Waals surface area contributed by atoms with Gasteiger partial charge >= 0.3 is 5.97 Å². The Morgan fingerprint density at radius 2 is 1.72 bits per heavy atom. The van der Waals surface area contributed by atoms with Crippen LogP contribution in [0.3, 0.4) is 0 Å². The van der Waals surface area contributed by atoms with Gasteiger partial charge in [0.05, 0.1) is 25.1 Å². The second kappa shape index (κ2) is 8.18. The smallest absolute Gasteiger partial charge is 0.305 e. The molecule has 1 amide bonds. The average molecular weight is 395 g/mol. The van der Waals surface area contributed by atoms with Gasteiger partial charge in [-0.15, -0.1) is 0 Å². The molecule has 1 aliphatic heterocycles. The number of likely N-dealkylation sites (tertiary alicyclic amines) is 1. The molecule has 0 bridgehead atoms. The summed E-state index contributed by atoms with van der Waals surface area (Å²) < 4.78 is 5.38. The Morgan fingerprint density at radius 3 is 2.34 bits per heavy atom. The van der Waals surface area contributed by atoms with Gasteiger partial charge in [0, 0.05) is 17.7 Å². The van der Waals surface area contributed by atoms with Crippen LogP contribution in [0.15, 0.2) is 54.1 Å².